The number of aliphatic hydroxyl groups is 6. The van der Waals surface area contributed by atoms with Gasteiger partial charge in [-0.05, 0) is 112 Å². The van der Waals surface area contributed by atoms with Gasteiger partial charge in [-0.25, -0.2) is 28.8 Å². The number of carbonyl (C=O) groups is 12. The zero-order valence-corrected chi connectivity index (χ0v) is 60.5. The van der Waals surface area contributed by atoms with Gasteiger partial charge in [0.1, 0.15) is 125 Å². The fourth-order valence-corrected chi connectivity index (χ4v) is 7.15. The summed E-state index contributed by atoms with van der Waals surface area (Å²) in [6.07, 6.45) is -12.6. The van der Waals surface area contributed by atoms with Gasteiger partial charge in [0, 0.05) is 0 Å². The number of rotatable bonds is 50. The molecule has 36 heteroatoms. The summed E-state index contributed by atoms with van der Waals surface area (Å²) in [5.74, 6) is -6.21. The van der Waals surface area contributed by atoms with Crippen molar-refractivity contribution in [2.75, 3.05) is 132 Å². The number of aliphatic hydroxyl groups excluding tert-OH is 6. The minimum Gasteiger partial charge on any atom is -0.465 e. The largest absolute Gasteiger partial charge is 0.508 e. The number of esters is 6. The van der Waals surface area contributed by atoms with Crippen LogP contribution in [-0.2, 0) is 114 Å². The maximum absolute atomic E-state index is 13.8. The summed E-state index contributed by atoms with van der Waals surface area (Å²) in [5.41, 5.74) is -11.7. The second kappa shape index (κ2) is 47.4. The Balaban J connectivity index is 6.45. The van der Waals surface area contributed by atoms with E-state index < -0.39 is 235 Å². The molecule has 10 unspecified atom stereocenters. The molecule has 0 amide bonds. The van der Waals surface area contributed by atoms with Gasteiger partial charge < -0.3 is 116 Å². The van der Waals surface area contributed by atoms with Crippen LogP contribution in [0.5, 0.6) is 0 Å². The summed E-state index contributed by atoms with van der Waals surface area (Å²) in [6.45, 7) is 7.64. The van der Waals surface area contributed by atoms with Crippen LogP contribution in [0.1, 0.15) is 142 Å². The van der Waals surface area contributed by atoms with Crippen molar-refractivity contribution >= 4 is 72.7 Å². The Hall–Kier alpha value is -7.80. The van der Waals surface area contributed by atoms with Crippen molar-refractivity contribution in [2.24, 2.45) is 44.3 Å². The lowest BCUT2D eigenvalue weighted by Gasteiger charge is -2.28. The molecule has 0 rings (SSSR count). The van der Waals surface area contributed by atoms with Gasteiger partial charge in [-0.3, -0.25) is 28.8 Å². The molecule has 0 aromatic heterocycles. The predicted octanol–water partition coefficient (Wildman–Crippen LogP) is 4.75. The molecule has 0 aromatic rings. The van der Waals surface area contributed by atoms with Gasteiger partial charge in [-0.15, -0.1) is 0 Å². The highest BCUT2D eigenvalue weighted by atomic mass is 16.8. The van der Waals surface area contributed by atoms with Crippen LogP contribution in [0.15, 0.2) is 0 Å². The van der Waals surface area contributed by atoms with Crippen molar-refractivity contribution in [1.29, 1.82) is 0 Å². The van der Waals surface area contributed by atoms with E-state index in [4.69, 9.17) is 85.3 Å². The van der Waals surface area contributed by atoms with E-state index >= 15 is 0 Å². The number of hydrogen-bond acceptors (Lipinski definition) is 36. The number of ether oxygens (including phenoxy) is 18. The fourth-order valence-electron chi connectivity index (χ4n) is 7.15. The van der Waals surface area contributed by atoms with Crippen molar-refractivity contribution in [2.45, 2.75) is 166 Å². The highest BCUT2D eigenvalue weighted by Crippen LogP contribution is 2.28. The lowest BCUT2D eigenvalue weighted by molar-refractivity contribution is -0.167. The maximum Gasteiger partial charge on any atom is 0.508 e. The summed E-state index contributed by atoms with van der Waals surface area (Å²) < 4.78 is 92.3. The van der Waals surface area contributed by atoms with E-state index in [0.717, 1.165) is 13.8 Å². The molecule has 0 fully saturated rings. The van der Waals surface area contributed by atoms with Gasteiger partial charge in [0.05, 0.1) is 64.1 Å². The molecule has 0 saturated carbocycles. The summed E-state index contributed by atoms with van der Waals surface area (Å²) in [7, 11) is 0. The van der Waals surface area contributed by atoms with Crippen LogP contribution < -0.4 is 0 Å². The van der Waals surface area contributed by atoms with Gasteiger partial charge >= 0.3 is 72.7 Å². The number of hydrogen-bond donors (Lipinski definition) is 6. The summed E-state index contributed by atoms with van der Waals surface area (Å²) in [5, 5.41) is 61.6. The zero-order valence-electron chi connectivity index (χ0n) is 60.5. The molecule has 0 spiro atoms. The number of carbonyl (C=O) groups excluding carboxylic acids is 12. The molecule has 10 atom stereocenters. The molecule has 584 valence electrons. The first-order valence-electron chi connectivity index (χ1n) is 32.9. The highest BCUT2D eigenvalue weighted by Gasteiger charge is 2.45. The van der Waals surface area contributed by atoms with E-state index in [2.05, 4.69) is 0 Å². The van der Waals surface area contributed by atoms with E-state index in [1.54, 1.807) is 13.8 Å². The molecule has 36 nitrogen and oxygen atoms in total. The first-order chi connectivity index (χ1) is 47.2. The molecule has 0 bridgehead atoms. The minimum atomic E-state index is -2.17. The third-order valence-corrected chi connectivity index (χ3v) is 14.8. The quantitative estimate of drug-likeness (QED) is 0.0353. The zero-order chi connectivity index (χ0) is 77.2. The van der Waals surface area contributed by atoms with Crippen LogP contribution in [-0.4, -0.2) is 260 Å². The molecule has 0 aromatic carbocycles. The molecule has 0 heterocycles. The van der Waals surface area contributed by atoms with Gasteiger partial charge in [0.2, 0.25) is 0 Å². The normalized spacial score (nSPS) is 16.0. The van der Waals surface area contributed by atoms with E-state index in [1.165, 1.54) is 41.5 Å². The summed E-state index contributed by atoms with van der Waals surface area (Å²) in [4.78, 5) is 156. The van der Waals surface area contributed by atoms with Crippen LogP contribution in [0, 0.1) is 44.3 Å². The Bertz CT molecular complexity index is 2410. The topological polar surface area (TPSA) is 492 Å². The summed E-state index contributed by atoms with van der Waals surface area (Å²) in [6, 6.07) is 0. The van der Waals surface area contributed by atoms with Crippen LogP contribution in [0.4, 0.5) is 28.8 Å². The molecule has 0 radical (unpaired) electrons. The molecular weight excluding hydrogens is 1360 g/mol. The monoisotopic (exact) mass is 1460 g/mol. The third kappa shape index (κ3) is 37.1. The SMILES string of the molecule is CCOC(=O)C(C)(CO)COC(=O)OCC(C)(COC(=O)OCC(C)(COC(=O)OCCC(C)C)C(=O)OCC(O)CC)C(=O)OCC(O)CCCC(O)COC(=O)C(C)(COC(=O)OCC(C)(CO)C(=O)OCC)COC(=O)OCC(C)(COC(=O)OCCC(C)C)C(=O)OCC(O)CC. The molecular formula is C65H108O36. The van der Waals surface area contributed by atoms with E-state index in [0.29, 0.717) is 12.8 Å². The van der Waals surface area contributed by atoms with Gasteiger partial charge in [-0.2, -0.15) is 0 Å². The van der Waals surface area contributed by atoms with E-state index in [-0.39, 0.29) is 70.4 Å². The highest BCUT2D eigenvalue weighted by molar-refractivity contribution is 5.81. The Kier molecular flexibility index (Phi) is 43.7. The summed E-state index contributed by atoms with van der Waals surface area (Å²) >= 11 is 0. The first kappa shape index (κ1) is 93.2. The Morgan fingerprint density at radius 2 is 0.475 bits per heavy atom. The van der Waals surface area contributed by atoms with Crippen LogP contribution in [0.2, 0.25) is 0 Å². The molecule has 0 aliphatic carbocycles. The fraction of sp³-hybridized carbons (Fsp3) is 0.815. The molecule has 101 heavy (non-hydrogen) atoms. The van der Waals surface area contributed by atoms with Crippen molar-refractivity contribution < 1.29 is 173 Å². The van der Waals surface area contributed by atoms with Crippen molar-refractivity contribution in [3.05, 3.63) is 0 Å². The van der Waals surface area contributed by atoms with Gasteiger partial charge in [0.25, 0.3) is 0 Å². The van der Waals surface area contributed by atoms with Gasteiger partial charge in [-0.1, -0.05) is 41.5 Å². The van der Waals surface area contributed by atoms with Crippen molar-refractivity contribution in [1.82, 2.24) is 0 Å². The van der Waals surface area contributed by atoms with E-state index in [1.807, 2.05) is 27.7 Å². The average molecular weight is 1470 g/mol. The van der Waals surface area contributed by atoms with Crippen molar-refractivity contribution in [3.8, 4) is 0 Å². The second-order valence-corrected chi connectivity index (χ2v) is 26.3. The van der Waals surface area contributed by atoms with Crippen LogP contribution in [0.25, 0.3) is 0 Å². The first-order valence-corrected chi connectivity index (χ1v) is 32.9. The molecule has 6 N–H and O–H groups in total. The van der Waals surface area contributed by atoms with Crippen molar-refractivity contribution in [3.63, 3.8) is 0 Å². The minimum absolute atomic E-state index is 0.0132. The average Bonchev–Trinajstić information content (AvgIpc) is 0.869. The Morgan fingerprint density at radius 3 is 0.673 bits per heavy atom. The van der Waals surface area contributed by atoms with Crippen LogP contribution in [0.3, 0.4) is 0 Å². The van der Waals surface area contributed by atoms with E-state index in [9.17, 15) is 88.2 Å². The molecule has 0 saturated heterocycles. The smallest absolute Gasteiger partial charge is 0.465 e. The lowest BCUT2D eigenvalue weighted by Crippen LogP contribution is -2.43. The molecule has 0 aliphatic heterocycles. The lowest BCUT2D eigenvalue weighted by atomic mass is 9.93. The standard InChI is InChI=1S/C65H108O36/c1-15-44(68)26-88-50(74)62(11,34-94-54(78)86-24-22-42(5)6)36-98-58(82)100-40-64(13,38-96-56(80)92-32-60(9,30-66)48(72)84-17-3)52(76)90-28-46(70)20-19-21-47(71)29-91-53(77)65(14,39-97-57(81)93-33-61(10,31-67)49(73)85-18-4)41-101-59(83)99-37-63(12,51(75)89-27-45(69)16-2)35-95-55(79)87-25-23-43(7)8/h42-47,66-71H,15-41H2,1-14H3. The molecule has 0 aliphatic rings. The second-order valence-electron chi connectivity index (χ2n) is 26.3. The third-order valence-electron chi connectivity index (χ3n) is 14.8. The maximum atomic E-state index is 13.8. The Morgan fingerprint density at radius 1 is 0.277 bits per heavy atom. The van der Waals surface area contributed by atoms with Gasteiger partial charge in [0.15, 0.2) is 0 Å². The van der Waals surface area contributed by atoms with Crippen LogP contribution >= 0.6 is 0 Å². The Labute approximate surface area is 587 Å². The predicted molar refractivity (Wildman–Crippen MR) is 341 cm³/mol.